The minimum Gasteiger partial charge on any atom is -0.333 e. The first kappa shape index (κ1) is 22.7. The summed E-state index contributed by atoms with van der Waals surface area (Å²) in [7, 11) is 0. The van der Waals surface area contributed by atoms with Crippen LogP contribution in [-0.2, 0) is 11.3 Å². The summed E-state index contributed by atoms with van der Waals surface area (Å²) in [5, 5.41) is 1.09. The van der Waals surface area contributed by atoms with Crippen molar-refractivity contribution in [2.45, 2.75) is 25.2 Å². The van der Waals surface area contributed by atoms with E-state index >= 15 is 0 Å². The van der Waals surface area contributed by atoms with E-state index in [9.17, 15) is 22.8 Å². The van der Waals surface area contributed by atoms with Crippen LogP contribution in [0.3, 0.4) is 0 Å². The van der Waals surface area contributed by atoms with Crippen LogP contribution in [0.4, 0.5) is 13.2 Å². The molecule has 1 fully saturated rings. The van der Waals surface area contributed by atoms with E-state index < -0.39 is 18.1 Å². The number of carbonyl (C=O) groups excluding carboxylic acids is 2. The molecule has 0 spiro atoms. The predicted molar refractivity (Wildman–Crippen MR) is 109 cm³/mol. The summed E-state index contributed by atoms with van der Waals surface area (Å²) in [6, 6.07) is 10.5. The van der Waals surface area contributed by atoms with Crippen LogP contribution in [0.2, 0.25) is 15.1 Å². The fraction of sp³-hybridized carbons (Fsp3) is 0.300. The minimum absolute atomic E-state index is 0.0885. The van der Waals surface area contributed by atoms with Gasteiger partial charge in [0.25, 0.3) is 5.91 Å². The van der Waals surface area contributed by atoms with E-state index in [-0.39, 0.29) is 32.0 Å². The highest BCUT2D eigenvalue weighted by Crippen LogP contribution is 2.28. The van der Waals surface area contributed by atoms with Gasteiger partial charge in [0.05, 0.1) is 16.1 Å². The summed E-state index contributed by atoms with van der Waals surface area (Å²) in [6.07, 6.45) is -4.73. The Kier molecular flexibility index (Phi) is 6.84. The zero-order valence-electron chi connectivity index (χ0n) is 15.4. The highest BCUT2D eigenvalue weighted by Gasteiger charge is 2.45. The Bertz CT molecular complexity index is 951. The maximum Gasteiger partial charge on any atom is 0.471 e. The van der Waals surface area contributed by atoms with E-state index in [1.54, 1.807) is 42.5 Å². The second-order valence-corrected chi connectivity index (χ2v) is 8.13. The van der Waals surface area contributed by atoms with E-state index in [2.05, 4.69) is 0 Å². The smallest absolute Gasteiger partial charge is 0.333 e. The van der Waals surface area contributed by atoms with Crippen LogP contribution >= 0.6 is 34.8 Å². The molecule has 0 aliphatic carbocycles. The normalized spacial score (nSPS) is 16.6. The molecule has 1 aliphatic heterocycles. The van der Waals surface area contributed by atoms with Crippen LogP contribution in [-0.4, -0.2) is 46.9 Å². The van der Waals surface area contributed by atoms with E-state index in [1.165, 1.54) is 4.90 Å². The van der Waals surface area contributed by atoms with Crippen molar-refractivity contribution in [3.8, 4) is 0 Å². The van der Waals surface area contributed by atoms with E-state index in [4.69, 9.17) is 34.8 Å². The number of amides is 2. The molecule has 0 bridgehead atoms. The largest absolute Gasteiger partial charge is 0.471 e. The molecule has 4 nitrogen and oxygen atoms in total. The Morgan fingerprint density at radius 3 is 2.30 bits per heavy atom. The first-order valence-electron chi connectivity index (χ1n) is 8.93. The van der Waals surface area contributed by atoms with E-state index in [0.29, 0.717) is 26.2 Å². The van der Waals surface area contributed by atoms with Crippen molar-refractivity contribution < 1.29 is 22.8 Å². The lowest BCUT2D eigenvalue weighted by Gasteiger charge is -2.30. The number of likely N-dealkylation sites (tertiary alicyclic amines) is 1. The van der Waals surface area contributed by atoms with Gasteiger partial charge in [0.15, 0.2) is 0 Å². The molecule has 3 rings (SSSR count). The summed E-state index contributed by atoms with van der Waals surface area (Å²) >= 11 is 17.9. The van der Waals surface area contributed by atoms with Crippen molar-refractivity contribution in [3.05, 3.63) is 68.7 Å². The highest BCUT2D eigenvalue weighted by atomic mass is 35.5. The van der Waals surface area contributed by atoms with Crippen molar-refractivity contribution in [1.29, 1.82) is 0 Å². The van der Waals surface area contributed by atoms with Gasteiger partial charge in [-0.1, -0.05) is 40.9 Å². The molecule has 1 heterocycles. The first-order chi connectivity index (χ1) is 14.1. The van der Waals surface area contributed by atoms with Crippen molar-refractivity contribution in [1.82, 2.24) is 9.80 Å². The van der Waals surface area contributed by atoms with Crippen molar-refractivity contribution in [2.24, 2.45) is 0 Å². The van der Waals surface area contributed by atoms with Crippen LogP contribution in [0.15, 0.2) is 42.5 Å². The number of hydrogen-bond acceptors (Lipinski definition) is 2. The molecule has 2 aromatic carbocycles. The third-order valence-electron chi connectivity index (χ3n) is 4.82. The van der Waals surface area contributed by atoms with Gasteiger partial charge in [0.1, 0.15) is 0 Å². The lowest BCUT2D eigenvalue weighted by Crippen LogP contribution is -2.44. The van der Waals surface area contributed by atoms with Gasteiger partial charge in [-0.3, -0.25) is 9.59 Å². The van der Waals surface area contributed by atoms with Gasteiger partial charge in [0, 0.05) is 30.2 Å². The lowest BCUT2D eigenvalue weighted by atomic mass is 10.1. The fourth-order valence-electron chi connectivity index (χ4n) is 3.32. The summed E-state index contributed by atoms with van der Waals surface area (Å²) in [5.74, 6) is -2.29. The van der Waals surface area contributed by atoms with Crippen molar-refractivity contribution >= 4 is 46.6 Å². The number of rotatable bonds is 4. The zero-order chi connectivity index (χ0) is 22.1. The van der Waals surface area contributed by atoms with Gasteiger partial charge in [0.2, 0.25) is 0 Å². The number of halogens is 6. The molecular weight excluding hydrogens is 464 g/mol. The van der Waals surface area contributed by atoms with Crippen LogP contribution in [0.1, 0.15) is 22.3 Å². The highest BCUT2D eigenvalue weighted by molar-refractivity contribution is 6.42. The molecule has 2 amide bonds. The quantitative estimate of drug-likeness (QED) is 0.585. The Labute approximate surface area is 186 Å². The van der Waals surface area contributed by atoms with Crippen LogP contribution in [0.5, 0.6) is 0 Å². The monoisotopic (exact) mass is 478 g/mol. The van der Waals surface area contributed by atoms with Crippen LogP contribution in [0, 0.1) is 0 Å². The van der Waals surface area contributed by atoms with Crippen LogP contribution in [0.25, 0.3) is 0 Å². The summed E-state index contributed by atoms with van der Waals surface area (Å²) in [5.41, 5.74) is 0.993. The average Bonchev–Trinajstić information content (AvgIpc) is 3.17. The summed E-state index contributed by atoms with van der Waals surface area (Å²) < 4.78 is 38.4. The first-order valence-corrected chi connectivity index (χ1v) is 10.1. The van der Waals surface area contributed by atoms with Gasteiger partial charge in [-0.15, -0.1) is 0 Å². The molecule has 10 heteroatoms. The standard InChI is InChI=1S/C20H16Cl3F3N2O2/c21-14-4-2-13(3-5-14)18(29)28(10-12-1-6-16(22)17(23)9-12)15-7-8-27(11-15)19(30)20(24,25)26/h1-6,9,15H,7-8,10-11H2. The predicted octanol–water partition coefficient (Wildman–Crippen LogP) is 5.45. The SMILES string of the molecule is O=C(c1ccc(Cl)cc1)N(Cc1ccc(Cl)c(Cl)c1)C1CCN(C(=O)C(F)(F)F)C1. The second-order valence-electron chi connectivity index (χ2n) is 6.88. The average molecular weight is 480 g/mol. The molecule has 160 valence electrons. The Morgan fingerprint density at radius 2 is 1.70 bits per heavy atom. The fourth-order valence-corrected chi connectivity index (χ4v) is 3.77. The molecule has 1 aliphatic rings. The molecule has 0 radical (unpaired) electrons. The molecule has 2 aromatic rings. The van der Waals surface area contributed by atoms with Gasteiger partial charge in [-0.2, -0.15) is 13.2 Å². The molecule has 30 heavy (non-hydrogen) atoms. The molecule has 0 aromatic heterocycles. The number of hydrogen-bond donors (Lipinski definition) is 0. The molecule has 1 saturated heterocycles. The van der Waals surface area contributed by atoms with Crippen molar-refractivity contribution in [3.63, 3.8) is 0 Å². The van der Waals surface area contributed by atoms with Gasteiger partial charge in [-0.05, 0) is 48.4 Å². The van der Waals surface area contributed by atoms with Gasteiger partial charge >= 0.3 is 12.1 Å². The molecule has 1 unspecified atom stereocenters. The second kappa shape index (κ2) is 9.04. The lowest BCUT2D eigenvalue weighted by molar-refractivity contribution is -0.184. The van der Waals surface area contributed by atoms with Crippen LogP contribution < -0.4 is 0 Å². The minimum atomic E-state index is -4.95. The Balaban J connectivity index is 1.87. The molecule has 1 atom stereocenters. The maximum absolute atomic E-state index is 13.2. The van der Waals surface area contributed by atoms with Gasteiger partial charge < -0.3 is 9.80 Å². The van der Waals surface area contributed by atoms with Crippen molar-refractivity contribution in [2.75, 3.05) is 13.1 Å². The molecule has 0 N–H and O–H groups in total. The number of carbonyl (C=O) groups is 2. The Hall–Kier alpha value is -1.96. The third-order valence-corrected chi connectivity index (χ3v) is 5.81. The number of benzene rings is 2. The molecule has 0 saturated carbocycles. The topological polar surface area (TPSA) is 40.6 Å². The van der Waals surface area contributed by atoms with E-state index in [0.717, 1.165) is 4.90 Å². The summed E-state index contributed by atoms with van der Waals surface area (Å²) in [4.78, 5) is 26.9. The summed E-state index contributed by atoms with van der Waals surface area (Å²) in [6.45, 7) is -0.204. The third kappa shape index (κ3) is 5.20. The zero-order valence-corrected chi connectivity index (χ0v) is 17.7. The molecular formula is C20H16Cl3F3N2O2. The van der Waals surface area contributed by atoms with E-state index in [1.807, 2.05) is 0 Å². The maximum atomic E-state index is 13.2. The number of alkyl halides is 3. The number of nitrogens with zero attached hydrogens (tertiary/aromatic N) is 2. The van der Waals surface area contributed by atoms with Gasteiger partial charge in [-0.25, -0.2) is 0 Å². The Morgan fingerprint density at radius 1 is 1.03 bits per heavy atom.